The number of alkyl halides is 5. The van der Waals surface area contributed by atoms with Crippen LogP contribution in [-0.4, -0.2) is 12.3 Å². The van der Waals surface area contributed by atoms with Crippen molar-refractivity contribution in [3.8, 4) is 5.75 Å². The average molecular weight is 368 g/mol. The molecule has 1 aromatic carbocycles. The van der Waals surface area contributed by atoms with E-state index in [1.54, 1.807) is 6.08 Å². The van der Waals surface area contributed by atoms with Crippen molar-refractivity contribution in [2.75, 3.05) is 0 Å². The Labute approximate surface area is 139 Å². The Morgan fingerprint density at radius 2 is 1.76 bits per heavy atom. The maximum atomic E-state index is 14.1. The van der Waals surface area contributed by atoms with Gasteiger partial charge in [-0.1, -0.05) is 18.2 Å². The van der Waals surface area contributed by atoms with Gasteiger partial charge in [0.25, 0.3) is 0 Å². The Hall–Kier alpha value is -1.99. The first-order chi connectivity index (χ1) is 11.6. The van der Waals surface area contributed by atoms with Gasteiger partial charge < -0.3 is 4.74 Å². The highest BCUT2D eigenvalue weighted by atomic mass is 19.4. The molecule has 1 unspecified atom stereocenters. The summed E-state index contributed by atoms with van der Waals surface area (Å²) in [4.78, 5) is 0. The number of hydrogen-bond donors (Lipinski definition) is 0. The second-order valence-electron chi connectivity index (χ2n) is 5.65. The fraction of sp³-hybridized carbons (Fsp3) is 0.412. The number of ether oxygens (including phenoxy) is 1. The van der Waals surface area contributed by atoms with Gasteiger partial charge in [0.15, 0.2) is 11.6 Å². The van der Waals surface area contributed by atoms with Gasteiger partial charge in [0.2, 0.25) is 5.82 Å². The van der Waals surface area contributed by atoms with Gasteiger partial charge >= 0.3 is 12.3 Å². The van der Waals surface area contributed by atoms with Crippen LogP contribution in [0, 0.1) is 17.6 Å². The third-order valence-electron chi connectivity index (χ3n) is 3.88. The molecule has 0 bridgehead atoms. The number of allylic oxidation sites excluding steroid dienone is 4. The van der Waals surface area contributed by atoms with E-state index < -0.39 is 29.7 Å². The quantitative estimate of drug-likeness (QED) is 0.450. The molecule has 2 rings (SSSR count). The number of rotatable bonds is 4. The lowest BCUT2D eigenvalue weighted by atomic mass is 9.86. The van der Waals surface area contributed by atoms with Crippen LogP contribution in [-0.2, 0) is 0 Å². The molecule has 0 saturated heterocycles. The first-order valence-electron chi connectivity index (χ1n) is 7.50. The van der Waals surface area contributed by atoms with Crippen LogP contribution >= 0.6 is 0 Å². The lowest BCUT2D eigenvalue weighted by Crippen LogP contribution is -2.42. The minimum atomic E-state index is -6.04. The molecule has 0 amide bonds. The Balaban J connectivity index is 2.27. The summed E-state index contributed by atoms with van der Waals surface area (Å²) in [5.41, 5.74) is 0.311. The van der Waals surface area contributed by atoms with E-state index in [-0.39, 0.29) is 11.5 Å². The lowest BCUT2D eigenvalue weighted by molar-refractivity contribution is -0.361. The van der Waals surface area contributed by atoms with Crippen LogP contribution < -0.4 is 4.74 Å². The highest BCUT2D eigenvalue weighted by Gasteiger charge is 2.61. The summed E-state index contributed by atoms with van der Waals surface area (Å²) in [7, 11) is 0. The van der Waals surface area contributed by atoms with Crippen LogP contribution in [0.15, 0.2) is 30.4 Å². The van der Waals surface area contributed by atoms with Gasteiger partial charge in [-0.15, -0.1) is 0 Å². The van der Waals surface area contributed by atoms with Crippen molar-refractivity contribution >= 4 is 5.57 Å². The summed E-state index contributed by atoms with van der Waals surface area (Å²) in [6.07, 6.45) is -4.35. The van der Waals surface area contributed by atoms with Crippen LogP contribution in [0.2, 0.25) is 0 Å². The second kappa shape index (κ2) is 7.09. The van der Waals surface area contributed by atoms with Crippen molar-refractivity contribution in [2.45, 2.75) is 38.5 Å². The molecule has 0 saturated carbocycles. The molecular formula is C17H15F7O. The normalized spacial score (nSPS) is 19.2. The molecule has 0 aromatic heterocycles. The third-order valence-corrected chi connectivity index (χ3v) is 3.88. The second-order valence-corrected chi connectivity index (χ2v) is 5.65. The zero-order chi connectivity index (χ0) is 18.8. The summed E-state index contributed by atoms with van der Waals surface area (Å²) >= 11 is 0. The monoisotopic (exact) mass is 368 g/mol. The summed E-state index contributed by atoms with van der Waals surface area (Å²) in [5, 5.41) is 0. The molecule has 0 spiro atoms. The summed E-state index contributed by atoms with van der Waals surface area (Å²) in [6.45, 7) is 1.86. The number of benzene rings is 1. The predicted octanol–water partition coefficient (Wildman–Crippen LogP) is 6.26. The van der Waals surface area contributed by atoms with Gasteiger partial charge in [-0.05, 0) is 49.8 Å². The predicted molar refractivity (Wildman–Crippen MR) is 78.1 cm³/mol. The molecule has 138 valence electrons. The molecule has 1 aliphatic carbocycles. The zero-order valence-corrected chi connectivity index (χ0v) is 13.1. The lowest BCUT2D eigenvalue weighted by Gasteiger charge is -2.22. The number of hydrogen-bond acceptors (Lipinski definition) is 1. The molecule has 0 N–H and O–H groups in total. The molecule has 1 aliphatic rings. The molecule has 1 nitrogen and oxygen atoms in total. The van der Waals surface area contributed by atoms with Gasteiger partial charge in [-0.2, -0.15) is 26.3 Å². The van der Waals surface area contributed by atoms with Crippen molar-refractivity contribution < 1.29 is 35.5 Å². The van der Waals surface area contributed by atoms with E-state index in [0.29, 0.717) is 30.9 Å². The van der Waals surface area contributed by atoms with E-state index in [2.05, 4.69) is 4.74 Å². The van der Waals surface area contributed by atoms with Gasteiger partial charge in [-0.3, -0.25) is 0 Å². The van der Waals surface area contributed by atoms with Crippen LogP contribution in [0.4, 0.5) is 30.7 Å². The SMILES string of the molecule is C/C=C/C1CC=C(c2ccc(OC(F)(F)C(F)(F)F)c(F)c2F)CC1. The van der Waals surface area contributed by atoms with Crippen molar-refractivity contribution in [1.82, 2.24) is 0 Å². The first-order valence-corrected chi connectivity index (χ1v) is 7.50. The van der Waals surface area contributed by atoms with Gasteiger partial charge in [0.05, 0.1) is 0 Å². The fourth-order valence-corrected chi connectivity index (χ4v) is 2.60. The van der Waals surface area contributed by atoms with Crippen LogP contribution in [0.3, 0.4) is 0 Å². The van der Waals surface area contributed by atoms with E-state index in [9.17, 15) is 30.7 Å². The first kappa shape index (κ1) is 19.3. The molecule has 0 radical (unpaired) electrons. The molecular weight excluding hydrogens is 353 g/mol. The Bertz CT molecular complexity index is 689. The molecule has 25 heavy (non-hydrogen) atoms. The zero-order valence-electron chi connectivity index (χ0n) is 13.1. The Morgan fingerprint density at radius 3 is 2.28 bits per heavy atom. The van der Waals surface area contributed by atoms with Gasteiger partial charge in [0, 0.05) is 5.56 Å². The van der Waals surface area contributed by atoms with E-state index in [0.717, 1.165) is 6.07 Å². The minimum absolute atomic E-state index is 0.167. The number of halogens is 7. The summed E-state index contributed by atoms with van der Waals surface area (Å²) < 4.78 is 93.4. The topological polar surface area (TPSA) is 9.23 Å². The van der Waals surface area contributed by atoms with E-state index in [1.165, 1.54) is 0 Å². The highest BCUT2D eigenvalue weighted by molar-refractivity contribution is 5.67. The summed E-state index contributed by atoms with van der Waals surface area (Å²) in [6, 6.07) is 1.52. The Kier molecular flexibility index (Phi) is 5.49. The molecule has 0 fully saturated rings. The van der Waals surface area contributed by atoms with E-state index in [4.69, 9.17) is 0 Å². The molecule has 0 heterocycles. The third kappa shape index (κ3) is 4.16. The molecule has 0 aliphatic heterocycles. The van der Waals surface area contributed by atoms with Crippen molar-refractivity contribution in [3.63, 3.8) is 0 Å². The van der Waals surface area contributed by atoms with Gasteiger partial charge in [0.1, 0.15) is 0 Å². The largest absolute Gasteiger partial charge is 0.499 e. The van der Waals surface area contributed by atoms with E-state index in [1.807, 2.05) is 19.1 Å². The highest BCUT2D eigenvalue weighted by Crippen LogP contribution is 2.40. The van der Waals surface area contributed by atoms with Crippen molar-refractivity contribution in [1.29, 1.82) is 0 Å². The maximum Gasteiger partial charge on any atom is 0.499 e. The minimum Gasteiger partial charge on any atom is -0.423 e. The molecule has 1 atom stereocenters. The smallest absolute Gasteiger partial charge is 0.423 e. The van der Waals surface area contributed by atoms with Crippen molar-refractivity contribution in [2.24, 2.45) is 5.92 Å². The maximum absolute atomic E-state index is 14.1. The van der Waals surface area contributed by atoms with E-state index >= 15 is 0 Å². The summed E-state index contributed by atoms with van der Waals surface area (Å²) in [5.74, 6) is -4.61. The average Bonchev–Trinajstić information content (AvgIpc) is 2.52. The van der Waals surface area contributed by atoms with Crippen LogP contribution in [0.1, 0.15) is 31.7 Å². The Morgan fingerprint density at radius 1 is 1.08 bits per heavy atom. The molecule has 1 aromatic rings. The fourth-order valence-electron chi connectivity index (χ4n) is 2.60. The van der Waals surface area contributed by atoms with Gasteiger partial charge in [-0.25, -0.2) is 4.39 Å². The molecule has 8 heteroatoms. The van der Waals surface area contributed by atoms with Crippen LogP contribution in [0.25, 0.3) is 5.57 Å². The standard InChI is InChI=1S/C17H15F7O/c1-2-3-10-4-6-11(7-5-10)12-8-9-13(15(19)14(12)18)25-17(23,24)16(20,21)22/h2-3,6,8-10H,4-5,7H2,1H3/b3-2+. The van der Waals surface area contributed by atoms with Crippen molar-refractivity contribution in [3.05, 3.63) is 47.6 Å². The van der Waals surface area contributed by atoms with Crippen LogP contribution in [0.5, 0.6) is 5.75 Å².